The first kappa shape index (κ1) is 11.9. The second-order valence-corrected chi connectivity index (χ2v) is 4.15. The molecule has 17 heavy (non-hydrogen) atoms. The van der Waals surface area contributed by atoms with Gasteiger partial charge in [-0.05, 0) is 36.4 Å². The Kier molecular flexibility index (Phi) is 3.59. The topological polar surface area (TPSA) is 20.3 Å². The van der Waals surface area contributed by atoms with Crippen molar-refractivity contribution in [3.8, 4) is 0 Å². The number of carbonyl (C=O) groups is 1. The molecule has 0 amide bonds. The lowest BCUT2D eigenvalue weighted by Crippen LogP contribution is -2.31. The molecule has 1 aliphatic heterocycles. The van der Waals surface area contributed by atoms with Crippen LogP contribution in [0.2, 0.25) is 0 Å². The van der Waals surface area contributed by atoms with Gasteiger partial charge in [-0.3, -0.25) is 4.79 Å². The summed E-state index contributed by atoms with van der Waals surface area (Å²) in [7, 11) is 0. The lowest BCUT2D eigenvalue weighted by Gasteiger charge is -2.24. The van der Waals surface area contributed by atoms with Gasteiger partial charge in [0.15, 0.2) is 5.78 Å². The van der Waals surface area contributed by atoms with Gasteiger partial charge in [0.2, 0.25) is 0 Å². The third-order valence-electron chi connectivity index (χ3n) is 2.47. The maximum absolute atomic E-state index is 12.7. The van der Waals surface area contributed by atoms with E-state index in [0.29, 0.717) is 5.56 Å². The molecule has 0 N–H and O–H groups in total. The lowest BCUT2D eigenvalue weighted by molar-refractivity contribution is 0.0955. The molecule has 2 rings (SSSR count). The molecule has 0 fully saturated rings. The Morgan fingerprint density at radius 1 is 1.29 bits per heavy atom. The van der Waals surface area contributed by atoms with Gasteiger partial charge < -0.3 is 4.90 Å². The molecule has 0 saturated heterocycles. The molecule has 1 atom stereocenters. The first-order valence-corrected chi connectivity index (χ1v) is 5.64. The van der Waals surface area contributed by atoms with Gasteiger partial charge in [0.25, 0.3) is 0 Å². The van der Waals surface area contributed by atoms with Gasteiger partial charge in [0.1, 0.15) is 11.3 Å². The van der Waals surface area contributed by atoms with E-state index in [2.05, 4.69) is 0 Å². The zero-order valence-corrected chi connectivity index (χ0v) is 9.77. The molecule has 0 saturated carbocycles. The van der Waals surface area contributed by atoms with Crippen LogP contribution in [0.3, 0.4) is 0 Å². The molecular weight excluding hydrogens is 241 g/mol. The van der Waals surface area contributed by atoms with Gasteiger partial charge in [0.05, 0.1) is 6.54 Å². The molecule has 1 aliphatic rings. The first-order chi connectivity index (χ1) is 8.16. The summed E-state index contributed by atoms with van der Waals surface area (Å²) >= 11 is 6.02. The van der Waals surface area contributed by atoms with E-state index in [1.165, 1.54) is 24.3 Å². The molecule has 4 heteroatoms. The van der Waals surface area contributed by atoms with Crippen molar-refractivity contribution in [1.82, 2.24) is 4.90 Å². The van der Waals surface area contributed by atoms with Crippen LogP contribution < -0.4 is 0 Å². The fraction of sp³-hybridized carbons (Fsp3) is 0.154. The maximum atomic E-state index is 12.7. The van der Waals surface area contributed by atoms with Crippen LogP contribution in [-0.2, 0) is 0 Å². The minimum absolute atomic E-state index is 0.0874. The van der Waals surface area contributed by atoms with Crippen molar-refractivity contribution in [2.24, 2.45) is 0 Å². The monoisotopic (exact) mass is 251 g/mol. The zero-order chi connectivity index (χ0) is 12.3. The number of halogens is 2. The second kappa shape index (κ2) is 5.15. The highest BCUT2D eigenvalue weighted by Crippen LogP contribution is 2.13. The standard InChI is InChI=1S/C13H11ClFNO/c14-13-3-1-2-8-16(13)9-12(17)10-4-6-11(15)7-5-10/h1-8,13H,9H2. The van der Waals surface area contributed by atoms with Gasteiger partial charge in [-0.15, -0.1) is 0 Å². The number of benzene rings is 1. The van der Waals surface area contributed by atoms with Gasteiger partial charge in [-0.2, -0.15) is 0 Å². The summed E-state index contributed by atoms with van der Waals surface area (Å²) in [6.45, 7) is 0.181. The number of alkyl halides is 1. The summed E-state index contributed by atoms with van der Waals surface area (Å²) in [5.74, 6) is -0.437. The zero-order valence-electron chi connectivity index (χ0n) is 9.01. The Balaban J connectivity index is 2.04. The van der Waals surface area contributed by atoms with E-state index < -0.39 is 0 Å². The molecule has 1 unspecified atom stereocenters. The number of rotatable bonds is 3. The Labute approximate surface area is 104 Å². The van der Waals surface area contributed by atoms with Crippen molar-refractivity contribution >= 4 is 17.4 Å². The van der Waals surface area contributed by atoms with Crippen molar-refractivity contribution in [1.29, 1.82) is 0 Å². The number of allylic oxidation sites excluding steroid dienone is 2. The summed E-state index contributed by atoms with van der Waals surface area (Å²) in [5, 5.41) is 0. The van der Waals surface area contributed by atoms with Crippen LogP contribution in [0.15, 0.2) is 48.7 Å². The van der Waals surface area contributed by atoms with Gasteiger partial charge in [-0.1, -0.05) is 17.7 Å². The molecule has 2 nitrogen and oxygen atoms in total. The summed E-state index contributed by atoms with van der Waals surface area (Å²) in [6, 6.07) is 5.50. The van der Waals surface area contributed by atoms with Crippen LogP contribution in [-0.4, -0.2) is 22.7 Å². The van der Waals surface area contributed by atoms with Crippen LogP contribution in [0, 0.1) is 5.82 Å². The average Bonchev–Trinajstić information content (AvgIpc) is 2.33. The Morgan fingerprint density at radius 2 is 2.00 bits per heavy atom. The highest BCUT2D eigenvalue weighted by Gasteiger charge is 2.15. The van der Waals surface area contributed by atoms with E-state index in [-0.39, 0.29) is 23.6 Å². The number of nitrogens with zero attached hydrogens (tertiary/aromatic N) is 1. The fourth-order valence-electron chi connectivity index (χ4n) is 1.54. The third-order valence-corrected chi connectivity index (χ3v) is 2.86. The Hall–Kier alpha value is -1.61. The van der Waals surface area contributed by atoms with Crippen molar-refractivity contribution in [3.05, 3.63) is 60.1 Å². The van der Waals surface area contributed by atoms with E-state index in [1.54, 1.807) is 17.2 Å². The number of ketones is 1. The van der Waals surface area contributed by atoms with Crippen molar-refractivity contribution in [2.75, 3.05) is 6.54 Å². The predicted molar refractivity (Wildman–Crippen MR) is 65.4 cm³/mol. The van der Waals surface area contributed by atoms with Gasteiger partial charge in [-0.25, -0.2) is 4.39 Å². The molecule has 0 bridgehead atoms. The van der Waals surface area contributed by atoms with Crippen molar-refractivity contribution < 1.29 is 9.18 Å². The third kappa shape index (κ3) is 2.94. The SMILES string of the molecule is O=C(CN1C=CC=CC1Cl)c1ccc(F)cc1. The molecule has 0 spiro atoms. The summed E-state index contributed by atoms with van der Waals surface area (Å²) in [4.78, 5) is 13.6. The van der Waals surface area contributed by atoms with E-state index in [9.17, 15) is 9.18 Å². The molecule has 0 aromatic heterocycles. The smallest absolute Gasteiger partial charge is 0.182 e. The van der Waals surface area contributed by atoms with E-state index in [1.807, 2.05) is 12.2 Å². The molecular formula is C13H11ClFNO. The van der Waals surface area contributed by atoms with Gasteiger partial charge >= 0.3 is 0 Å². The average molecular weight is 252 g/mol. The molecule has 1 heterocycles. The van der Waals surface area contributed by atoms with Crippen LogP contribution >= 0.6 is 11.6 Å². The van der Waals surface area contributed by atoms with Crippen LogP contribution in [0.25, 0.3) is 0 Å². The lowest BCUT2D eigenvalue weighted by atomic mass is 10.1. The minimum atomic E-state index is -0.349. The molecule has 1 aromatic rings. The number of hydrogen-bond acceptors (Lipinski definition) is 2. The summed E-state index contributed by atoms with van der Waals surface area (Å²) < 4.78 is 12.7. The van der Waals surface area contributed by atoms with Crippen LogP contribution in [0.1, 0.15) is 10.4 Å². The van der Waals surface area contributed by atoms with Crippen LogP contribution in [0.4, 0.5) is 4.39 Å². The largest absolute Gasteiger partial charge is 0.350 e. The minimum Gasteiger partial charge on any atom is -0.350 e. The van der Waals surface area contributed by atoms with Crippen molar-refractivity contribution in [3.63, 3.8) is 0 Å². The van der Waals surface area contributed by atoms with E-state index >= 15 is 0 Å². The Bertz CT molecular complexity index is 467. The maximum Gasteiger partial charge on any atom is 0.182 e. The summed E-state index contributed by atoms with van der Waals surface area (Å²) in [5.41, 5.74) is 0.169. The molecule has 88 valence electrons. The molecule has 0 aliphatic carbocycles. The van der Waals surface area contributed by atoms with Crippen LogP contribution in [0.5, 0.6) is 0 Å². The predicted octanol–water partition coefficient (Wildman–Crippen LogP) is 2.96. The normalized spacial score (nSPS) is 18.5. The number of carbonyl (C=O) groups excluding carboxylic acids is 1. The van der Waals surface area contributed by atoms with E-state index in [4.69, 9.17) is 11.6 Å². The quantitative estimate of drug-likeness (QED) is 0.468. The molecule has 0 radical (unpaired) electrons. The fourth-order valence-corrected chi connectivity index (χ4v) is 1.76. The highest BCUT2D eigenvalue weighted by atomic mass is 35.5. The number of Topliss-reactive ketones (excluding diaryl/α,β-unsaturated/α-hetero) is 1. The summed E-state index contributed by atoms with van der Waals surface area (Å²) in [6.07, 6.45) is 7.20. The molecule has 1 aromatic carbocycles. The Morgan fingerprint density at radius 3 is 2.65 bits per heavy atom. The second-order valence-electron chi connectivity index (χ2n) is 3.70. The van der Waals surface area contributed by atoms with E-state index in [0.717, 1.165) is 0 Å². The number of hydrogen-bond donors (Lipinski definition) is 0. The van der Waals surface area contributed by atoms with Gasteiger partial charge in [0, 0.05) is 11.8 Å². The van der Waals surface area contributed by atoms with Crippen molar-refractivity contribution in [2.45, 2.75) is 5.50 Å². The first-order valence-electron chi connectivity index (χ1n) is 5.20. The highest BCUT2D eigenvalue weighted by molar-refractivity contribution is 6.21.